The van der Waals surface area contributed by atoms with E-state index in [0.29, 0.717) is 33.9 Å². The Kier molecular flexibility index (Phi) is 6.83. The van der Waals surface area contributed by atoms with Crippen molar-refractivity contribution in [1.29, 1.82) is 5.26 Å². The monoisotopic (exact) mass is 493 g/mol. The summed E-state index contributed by atoms with van der Waals surface area (Å²) in [6.45, 7) is 0.493. The third-order valence-corrected chi connectivity index (χ3v) is 6.87. The Labute approximate surface area is 211 Å². The summed E-state index contributed by atoms with van der Waals surface area (Å²) in [6.07, 6.45) is 1.60. The number of aryl methyl sites for hydroxylation is 1. The number of hydrogen-bond donors (Lipinski definition) is 2. The van der Waals surface area contributed by atoms with Crippen molar-refractivity contribution < 1.29 is 5.11 Å². The Bertz CT molecular complexity index is 1630. The van der Waals surface area contributed by atoms with E-state index in [0.717, 1.165) is 18.4 Å². The molecular formula is C28H23N5O2S. The van der Waals surface area contributed by atoms with Crippen LogP contribution in [0.1, 0.15) is 17.8 Å². The molecule has 3 aromatic carbocycles. The van der Waals surface area contributed by atoms with Crippen LogP contribution < -0.4 is 5.56 Å². The Morgan fingerprint density at radius 3 is 2.47 bits per heavy atom. The molecule has 7 nitrogen and oxygen atoms in total. The first-order chi connectivity index (χ1) is 17.6. The average Bonchev–Trinajstić information content (AvgIpc) is 3.34. The van der Waals surface area contributed by atoms with Gasteiger partial charge in [0, 0.05) is 6.54 Å². The number of imidazole rings is 1. The molecule has 0 saturated carbocycles. The molecule has 0 radical (unpaired) electrons. The first-order valence-electron chi connectivity index (χ1n) is 11.6. The number of aromatic amines is 1. The molecule has 0 unspecified atom stereocenters. The van der Waals surface area contributed by atoms with Gasteiger partial charge in [-0.1, -0.05) is 66.4 Å². The minimum Gasteiger partial charge on any atom is -0.510 e. The second kappa shape index (κ2) is 10.5. The molecule has 5 aromatic rings. The van der Waals surface area contributed by atoms with E-state index >= 15 is 0 Å². The van der Waals surface area contributed by atoms with Crippen molar-refractivity contribution in [3.05, 3.63) is 106 Å². The highest BCUT2D eigenvalue weighted by molar-refractivity contribution is 7.99. The van der Waals surface area contributed by atoms with E-state index in [4.69, 9.17) is 4.98 Å². The van der Waals surface area contributed by atoms with Crippen LogP contribution in [0, 0.1) is 11.3 Å². The van der Waals surface area contributed by atoms with E-state index in [-0.39, 0.29) is 22.6 Å². The molecule has 2 N–H and O–H groups in total. The summed E-state index contributed by atoms with van der Waals surface area (Å²) in [6, 6.07) is 26.9. The Morgan fingerprint density at radius 1 is 0.972 bits per heavy atom. The fourth-order valence-corrected chi connectivity index (χ4v) is 4.97. The van der Waals surface area contributed by atoms with Crippen LogP contribution in [0.25, 0.3) is 27.5 Å². The van der Waals surface area contributed by atoms with Crippen molar-refractivity contribution in [2.24, 2.45) is 0 Å². The van der Waals surface area contributed by atoms with E-state index in [1.165, 1.54) is 17.3 Å². The number of aliphatic hydroxyl groups is 1. The highest BCUT2D eigenvalue weighted by atomic mass is 32.2. The molecule has 2 aromatic heterocycles. The molecule has 0 atom stereocenters. The topological polar surface area (TPSA) is 108 Å². The largest absolute Gasteiger partial charge is 0.510 e. The number of aromatic nitrogens is 4. The van der Waals surface area contributed by atoms with E-state index in [9.17, 15) is 15.2 Å². The van der Waals surface area contributed by atoms with Crippen LogP contribution in [-0.4, -0.2) is 30.4 Å². The molecule has 0 amide bonds. The number of para-hydroxylation sites is 3. The van der Waals surface area contributed by atoms with Crippen molar-refractivity contribution in [2.45, 2.75) is 24.5 Å². The predicted molar refractivity (Wildman–Crippen MR) is 143 cm³/mol. The number of fused-ring (bicyclic) bond motifs is 2. The van der Waals surface area contributed by atoms with Gasteiger partial charge in [0.15, 0.2) is 11.0 Å². The van der Waals surface area contributed by atoms with Crippen molar-refractivity contribution >= 4 is 39.3 Å². The lowest BCUT2D eigenvalue weighted by atomic mass is 10.1. The summed E-state index contributed by atoms with van der Waals surface area (Å²) in [5.74, 6) is 0.256. The van der Waals surface area contributed by atoms with Crippen LogP contribution in [0.15, 0.2) is 94.6 Å². The molecular weight excluding hydrogens is 470 g/mol. The maximum absolute atomic E-state index is 13.3. The van der Waals surface area contributed by atoms with Crippen molar-refractivity contribution in [3.63, 3.8) is 0 Å². The summed E-state index contributed by atoms with van der Waals surface area (Å²) in [7, 11) is 0. The smallest absolute Gasteiger partial charge is 0.262 e. The van der Waals surface area contributed by atoms with Gasteiger partial charge in [-0.25, -0.2) is 9.97 Å². The minimum atomic E-state index is -0.125. The quantitative estimate of drug-likeness (QED) is 0.128. The molecule has 0 spiro atoms. The van der Waals surface area contributed by atoms with Crippen molar-refractivity contribution in [1.82, 2.24) is 19.5 Å². The van der Waals surface area contributed by atoms with Gasteiger partial charge in [0.2, 0.25) is 0 Å². The molecule has 0 saturated heterocycles. The molecule has 5 rings (SSSR count). The van der Waals surface area contributed by atoms with Crippen molar-refractivity contribution in [3.8, 4) is 6.07 Å². The molecule has 36 heavy (non-hydrogen) atoms. The van der Waals surface area contributed by atoms with Crippen LogP contribution in [-0.2, 0) is 13.0 Å². The highest BCUT2D eigenvalue weighted by Gasteiger charge is 2.16. The maximum atomic E-state index is 13.3. The normalized spacial score (nSPS) is 12.0. The molecule has 0 fully saturated rings. The number of thioether (sulfide) groups is 1. The lowest BCUT2D eigenvalue weighted by Crippen LogP contribution is -2.24. The zero-order valence-corrected chi connectivity index (χ0v) is 20.2. The molecule has 0 aliphatic heterocycles. The fourth-order valence-electron chi connectivity index (χ4n) is 4.07. The lowest BCUT2D eigenvalue weighted by Gasteiger charge is -2.13. The number of benzene rings is 3. The molecule has 8 heteroatoms. The number of aliphatic hydroxyl groups excluding tert-OH is 1. The third kappa shape index (κ3) is 4.88. The number of nitriles is 1. The number of rotatable bonds is 8. The Morgan fingerprint density at radius 2 is 1.69 bits per heavy atom. The van der Waals surface area contributed by atoms with Gasteiger partial charge in [0.25, 0.3) is 5.56 Å². The van der Waals surface area contributed by atoms with Gasteiger partial charge in [-0.3, -0.25) is 9.36 Å². The fraction of sp³-hybridized carbons (Fsp3) is 0.143. The van der Waals surface area contributed by atoms with Crippen LogP contribution in [0.2, 0.25) is 0 Å². The first-order valence-corrected chi connectivity index (χ1v) is 12.6. The summed E-state index contributed by atoms with van der Waals surface area (Å²) in [5, 5.41) is 21.6. The predicted octanol–water partition coefficient (Wildman–Crippen LogP) is 5.49. The van der Waals surface area contributed by atoms with Gasteiger partial charge in [0.1, 0.15) is 17.4 Å². The Balaban J connectivity index is 1.43. The third-order valence-electron chi connectivity index (χ3n) is 5.88. The number of allylic oxidation sites excluding steroid dienone is 1. The molecule has 0 aliphatic carbocycles. The van der Waals surface area contributed by atoms with Crippen molar-refractivity contribution in [2.75, 3.05) is 5.75 Å². The summed E-state index contributed by atoms with van der Waals surface area (Å²) < 4.78 is 1.66. The van der Waals surface area contributed by atoms with E-state index in [1.807, 2.05) is 54.6 Å². The van der Waals surface area contributed by atoms with E-state index < -0.39 is 0 Å². The highest BCUT2D eigenvalue weighted by Crippen LogP contribution is 2.24. The first kappa shape index (κ1) is 23.4. The minimum absolute atomic E-state index is 0.0671. The molecule has 0 bridgehead atoms. The van der Waals surface area contributed by atoms with Gasteiger partial charge in [-0.2, -0.15) is 5.26 Å². The number of hydrogen-bond acceptors (Lipinski definition) is 6. The van der Waals surface area contributed by atoms with Gasteiger partial charge >= 0.3 is 0 Å². The molecule has 2 heterocycles. The van der Waals surface area contributed by atoms with Crippen LogP contribution in [0.5, 0.6) is 0 Å². The second-order valence-electron chi connectivity index (χ2n) is 8.28. The summed E-state index contributed by atoms with van der Waals surface area (Å²) >= 11 is 1.23. The van der Waals surface area contributed by atoms with Gasteiger partial charge in [-0.05, 0) is 42.7 Å². The van der Waals surface area contributed by atoms with Gasteiger partial charge < -0.3 is 10.1 Å². The summed E-state index contributed by atoms with van der Waals surface area (Å²) in [4.78, 5) is 25.5. The van der Waals surface area contributed by atoms with Crippen LogP contribution in [0.3, 0.4) is 0 Å². The lowest BCUT2D eigenvalue weighted by molar-refractivity contribution is 0.420. The zero-order valence-electron chi connectivity index (χ0n) is 19.4. The SMILES string of the molecule is N#C/C(=C(/O)CSc1nc2ccccc2c(=O)n1CCCc1ccccc1)c1nc2ccccc2[nH]1. The second-order valence-corrected chi connectivity index (χ2v) is 9.22. The summed E-state index contributed by atoms with van der Waals surface area (Å²) in [5.41, 5.74) is 3.26. The van der Waals surface area contributed by atoms with E-state index in [2.05, 4.69) is 28.2 Å². The number of H-pyrrole nitrogens is 1. The van der Waals surface area contributed by atoms with Gasteiger partial charge in [0.05, 0.1) is 27.7 Å². The van der Waals surface area contributed by atoms with Crippen LogP contribution in [0.4, 0.5) is 0 Å². The average molecular weight is 494 g/mol. The maximum Gasteiger partial charge on any atom is 0.262 e. The molecule has 178 valence electrons. The number of nitrogens with one attached hydrogen (secondary N) is 1. The Hall–Kier alpha value is -4.35. The van der Waals surface area contributed by atoms with Gasteiger partial charge in [-0.15, -0.1) is 0 Å². The molecule has 0 aliphatic rings. The van der Waals surface area contributed by atoms with Crippen LogP contribution >= 0.6 is 11.8 Å². The standard InChI is InChI=1S/C28H23N5O2S/c29-17-21(26-30-23-14-6-7-15-24(23)31-26)25(34)18-36-28-32-22-13-5-4-12-20(22)27(35)33(28)16-8-11-19-9-2-1-3-10-19/h1-7,9-10,12-15,34H,8,11,16,18H2,(H,30,31)/b25-21-. The van der Waals surface area contributed by atoms with E-state index in [1.54, 1.807) is 16.7 Å². The zero-order chi connectivity index (χ0) is 24.9. The number of nitrogens with zero attached hydrogens (tertiary/aromatic N) is 4.